The third kappa shape index (κ3) is 16.6. The molecule has 12 heterocycles. The van der Waals surface area contributed by atoms with E-state index >= 15 is 0 Å². The zero-order valence-corrected chi connectivity index (χ0v) is 57.9. The molecule has 3 aromatic carbocycles. The lowest BCUT2D eigenvalue weighted by Crippen LogP contribution is -2.45. The van der Waals surface area contributed by atoms with Gasteiger partial charge in [-0.15, -0.1) is 0 Å². The van der Waals surface area contributed by atoms with E-state index in [1.807, 2.05) is 119 Å². The molecule has 19 heteroatoms. The highest BCUT2D eigenvalue weighted by atomic mass is 16.1. The molecular weight excluding hydrogens is 1230 g/mol. The minimum Gasteiger partial charge on any atom is -0.356 e. The van der Waals surface area contributed by atoms with Crippen LogP contribution in [-0.2, 0) is 46.8 Å². The monoisotopic (exact) mass is 1320 g/mol. The summed E-state index contributed by atoms with van der Waals surface area (Å²) in [6, 6.07) is 37.3. The van der Waals surface area contributed by atoms with Crippen molar-refractivity contribution in [3.8, 4) is 33.4 Å². The van der Waals surface area contributed by atoms with E-state index in [0.29, 0.717) is 35.0 Å². The molecular formula is C80H86N16O3. The number of fused-ring (bicyclic) bond motifs is 3. The molecule has 3 fully saturated rings. The van der Waals surface area contributed by atoms with Gasteiger partial charge >= 0.3 is 0 Å². The first-order chi connectivity index (χ1) is 47.9. The van der Waals surface area contributed by atoms with Crippen molar-refractivity contribution in [1.82, 2.24) is 69.0 Å². The van der Waals surface area contributed by atoms with Crippen molar-refractivity contribution in [3.63, 3.8) is 0 Å². The maximum absolute atomic E-state index is 13.1. The quantitative estimate of drug-likeness (QED) is 0.0735. The van der Waals surface area contributed by atoms with E-state index in [4.69, 9.17) is 0 Å². The topological polar surface area (TPSA) is 195 Å². The Morgan fingerprint density at radius 3 is 1.22 bits per heavy atom. The molecule has 19 nitrogen and oxygen atoms in total. The summed E-state index contributed by atoms with van der Waals surface area (Å²) in [5.41, 5.74) is 11.9. The Bertz CT molecular complexity index is 4850. The molecule has 0 amide bonds. The van der Waals surface area contributed by atoms with Crippen molar-refractivity contribution in [2.75, 3.05) is 63.2 Å². The Morgan fingerprint density at radius 1 is 0.434 bits per heavy atom. The lowest BCUT2D eigenvalue weighted by molar-refractivity contribution is 0.0983. The van der Waals surface area contributed by atoms with Crippen LogP contribution in [0.4, 0.5) is 11.6 Å². The number of likely N-dealkylation sites (tertiary alicyclic amines) is 1. The molecule has 0 aliphatic carbocycles. The van der Waals surface area contributed by atoms with Crippen LogP contribution >= 0.6 is 0 Å². The Hall–Kier alpha value is -10.5. The number of nitrogens with zero attached hydrogens (tertiary/aromatic N) is 16. The lowest BCUT2D eigenvalue weighted by atomic mass is 9.91. The predicted octanol–water partition coefficient (Wildman–Crippen LogP) is 13.0. The molecule has 504 valence electrons. The summed E-state index contributed by atoms with van der Waals surface area (Å²) >= 11 is 0. The van der Waals surface area contributed by atoms with E-state index in [2.05, 4.69) is 154 Å². The van der Waals surface area contributed by atoms with Gasteiger partial charge in [-0.25, -0.2) is 9.97 Å². The van der Waals surface area contributed by atoms with Crippen molar-refractivity contribution < 1.29 is 14.4 Å². The molecule has 0 spiro atoms. The number of hydrogen-bond acceptors (Lipinski definition) is 16. The number of ketones is 3. The number of aromatic nitrogens is 12. The second-order valence-electron chi connectivity index (χ2n) is 27.5. The molecule has 3 aliphatic rings. The van der Waals surface area contributed by atoms with Gasteiger partial charge in [-0.3, -0.25) is 48.4 Å². The summed E-state index contributed by atoms with van der Waals surface area (Å²) < 4.78 is 5.39. The maximum Gasteiger partial charge on any atom is 0.169 e. The van der Waals surface area contributed by atoms with Crippen molar-refractivity contribution in [3.05, 3.63) is 223 Å². The van der Waals surface area contributed by atoms with Gasteiger partial charge in [-0.05, 0) is 191 Å². The molecule has 0 atom stereocenters. The Balaban J connectivity index is 0.000000134. The van der Waals surface area contributed by atoms with Crippen molar-refractivity contribution >= 4 is 61.3 Å². The smallest absolute Gasteiger partial charge is 0.169 e. The Labute approximate surface area is 578 Å². The normalized spacial score (nSPS) is 14.7. The van der Waals surface area contributed by atoms with Gasteiger partial charge in [0, 0.05) is 187 Å². The van der Waals surface area contributed by atoms with Gasteiger partial charge in [0.05, 0.1) is 37.9 Å². The molecule has 15 rings (SSSR count). The van der Waals surface area contributed by atoms with Crippen LogP contribution in [0.3, 0.4) is 0 Å². The predicted molar refractivity (Wildman–Crippen MR) is 392 cm³/mol. The van der Waals surface area contributed by atoms with Crippen LogP contribution in [0.1, 0.15) is 100 Å². The average Bonchev–Trinajstić information content (AvgIpc) is 1.72. The van der Waals surface area contributed by atoms with E-state index in [1.165, 1.54) is 12.8 Å². The van der Waals surface area contributed by atoms with E-state index in [0.717, 1.165) is 164 Å². The van der Waals surface area contributed by atoms with E-state index in [-0.39, 0.29) is 36.6 Å². The van der Waals surface area contributed by atoms with Gasteiger partial charge in [0.2, 0.25) is 0 Å². The number of carbonyl (C=O) groups is 3. The summed E-state index contributed by atoms with van der Waals surface area (Å²) in [5, 5.41) is 19.2. The summed E-state index contributed by atoms with van der Waals surface area (Å²) in [4.78, 5) is 75.6. The highest BCUT2D eigenvalue weighted by molar-refractivity contribution is 6.00. The number of carbonyl (C=O) groups excluding carboxylic acids is 3. The maximum atomic E-state index is 13.1. The first-order valence-corrected chi connectivity index (χ1v) is 34.5. The fourth-order valence-corrected chi connectivity index (χ4v) is 13.7. The van der Waals surface area contributed by atoms with Crippen LogP contribution in [0.15, 0.2) is 184 Å². The summed E-state index contributed by atoms with van der Waals surface area (Å²) in [5.74, 6) is 3.29. The highest BCUT2D eigenvalue weighted by Gasteiger charge is 2.26. The minimum atomic E-state index is 0.0575. The molecule has 0 saturated carbocycles. The minimum absolute atomic E-state index is 0.0575. The van der Waals surface area contributed by atoms with E-state index < -0.39 is 0 Å². The molecule has 9 aromatic heterocycles. The molecule has 0 radical (unpaired) electrons. The van der Waals surface area contributed by atoms with Gasteiger partial charge in [0.1, 0.15) is 11.6 Å². The van der Waals surface area contributed by atoms with Crippen LogP contribution in [-0.4, -0.2) is 152 Å². The summed E-state index contributed by atoms with van der Waals surface area (Å²) in [6.07, 6.45) is 28.7. The van der Waals surface area contributed by atoms with Gasteiger partial charge in [0.15, 0.2) is 17.3 Å². The molecule has 12 aromatic rings. The standard InChI is InChI=1S/C29H33N5O.C27H30N6O.C24H23N5O/c1-20(2)34-10-7-21(8-11-34)12-27-14-23(6-9-30-27)29(35)16-28-15-25-13-22(4-5-24(25)17-31-28)26-18-32-33(3)19-26;1-31(2)25-7-10-33(11-8-25)27-14-20(6-9-28-27)26(34)15-24-13-22-12-19(4-5-21(22)16-29-24)23-17-30-32(3)18-23;1-16-13-29(14-16)24-9-18(5-6-25-24)23(30)10-22-8-20-7-17(3-4-19(20)11-26-22)21-12-27-28(2)15-21/h4-6,9,13-15,17-21H,7-8,10-12,16H2,1-3H3;4-6,9,12-14,16-18,25H,7-8,10-11,15H2,1-3H3;3-9,11-12,15-16H,10,13-14H2,1-2H3. The second-order valence-corrected chi connectivity index (χ2v) is 27.5. The van der Waals surface area contributed by atoms with E-state index in [9.17, 15) is 14.4 Å². The first kappa shape index (κ1) is 67.1. The van der Waals surface area contributed by atoms with Crippen LogP contribution in [0.25, 0.3) is 65.7 Å². The fraction of sp³-hybridized carbons (Fsp3) is 0.325. The van der Waals surface area contributed by atoms with Crippen molar-refractivity contribution in [2.24, 2.45) is 33.0 Å². The number of benzene rings is 3. The average molecular weight is 1320 g/mol. The third-order valence-electron chi connectivity index (χ3n) is 19.5. The van der Waals surface area contributed by atoms with Gasteiger partial charge in [0.25, 0.3) is 0 Å². The SMILES string of the molecule is CC(C)N1CCC(Cc2cc(C(=O)Cc3cc4cc(-c5cnn(C)c5)ccc4cn3)ccn2)CC1.CC1CN(c2cc(C(=O)Cc3cc4cc(-c5cnn(C)c5)ccc4cn3)ccn2)C1.CN(C)C1CCN(c2cc(C(=O)Cc3cc4cc(-c5cnn(C)c5)ccc4cn3)ccn2)CC1. The molecule has 3 aliphatic heterocycles. The zero-order chi connectivity index (χ0) is 68.7. The molecule has 0 N–H and O–H groups in total. The van der Waals surface area contributed by atoms with Gasteiger partial charge in [-0.2, -0.15) is 15.3 Å². The third-order valence-corrected chi connectivity index (χ3v) is 19.5. The van der Waals surface area contributed by atoms with Gasteiger partial charge < -0.3 is 19.6 Å². The van der Waals surface area contributed by atoms with Gasteiger partial charge in [-0.1, -0.05) is 43.3 Å². The Morgan fingerprint density at radius 2 is 0.838 bits per heavy atom. The number of aryl methyl sites for hydroxylation is 3. The summed E-state index contributed by atoms with van der Waals surface area (Å²) in [7, 11) is 10.0. The fourth-order valence-electron chi connectivity index (χ4n) is 13.7. The lowest BCUT2D eigenvalue weighted by Gasteiger charge is -2.38. The first-order valence-electron chi connectivity index (χ1n) is 34.5. The Kier molecular flexibility index (Phi) is 20.4. The second kappa shape index (κ2) is 30.1. The molecule has 99 heavy (non-hydrogen) atoms. The van der Waals surface area contributed by atoms with Crippen LogP contribution in [0.2, 0.25) is 0 Å². The van der Waals surface area contributed by atoms with E-state index in [1.54, 1.807) is 44.8 Å². The number of hydrogen-bond donors (Lipinski definition) is 0. The highest BCUT2D eigenvalue weighted by Crippen LogP contribution is 2.31. The number of rotatable bonds is 18. The largest absolute Gasteiger partial charge is 0.356 e. The van der Waals surface area contributed by atoms with Crippen LogP contribution in [0.5, 0.6) is 0 Å². The molecule has 0 unspecified atom stereocenters. The molecule has 3 saturated heterocycles. The number of pyridine rings is 6. The van der Waals surface area contributed by atoms with Crippen molar-refractivity contribution in [1.29, 1.82) is 0 Å². The van der Waals surface area contributed by atoms with Crippen LogP contribution < -0.4 is 9.80 Å². The van der Waals surface area contributed by atoms with Crippen LogP contribution in [0, 0.1) is 11.8 Å². The molecule has 0 bridgehead atoms. The zero-order valence-electron chi connectivity index (χ0n) is 57.9. The number of anilines is 2. The number of piperidine rings is 2. The summed E-state index contributed by atoms with van der Waals surface area (Å²) in [6.45, 7) is 13.0. The number of Topliss-reactive ketones (excluding diaryl/α,β-unsaturated/α-hetero) is 3. The van der Waals surface area contributed by atoms with Crippen molar-refractivity contribution in [2.45, 2.75) is 84.2 Å².